The standard InChI is InChI=1S/C20H30FN3O3/c1-3-13(4-2)23-17-11-18(24-14-8-6-5-7-9-14)16(21)10-15(17)20(27)22-12-19(25)26/h10-11,13-14,23-24H,3-9,12H2,1-2H3,(H,22,27)(H,25,26). The van der Waals surface area contributed by atoms with Crippen molar-refractivity contribution in [3.05, 3.63) is 23.5 Å². The van der Waals surface area contributed by atoms with Crippen LogP contribution in [0.1, 0.15) is 69.2 Å². The molecule has 7 heteroatoms. The third-order valence-electron chi connectivity index (χ3n) is 5.06. The van der Waals surface area contributed by atoms with Gasteiger partial charge in [-0.1, -0.05) is 33.1 Å². The number of carbonyl (C=O) groups excluding carboxylic acids is 1. The number of amides is 1. The smallest absolute Gasteiger partial charge is 0.322 e. The molecule has 0 aromatic heterocycles. The van der Waals surface area contributed by atoms with Crippen molar-refractivity contribution in [3.8, 4) is 0 Å². The first kappa shape index (κ1) is 21.0. The lowest BCUT2D eigenvalue weighted by Crippen LogP contribution is -2.31. The topological polar surface area (TPSA) is 90.5 Å². The van der Waals surface area contributed by atoms with Crippen LogP contribution in [0.4, 0.5) is 15.8 Å². The van der Waals surface area contributed by atoms with Gasteiger partial charge in [0.2, 0.25) is 0 Å². The highest BCUT2D eigenvalue weighted by molar-refractivity contribution is 6.01. The van der Waals surface area contributed by atoms with E-state index < -0.39 is 24.2 Å². The number of benzene rings is 1. The van der Waals surface area contributed by atoms with Gasteiger partial charge in [-0.15, -0.1) is 0 Å². The molecule has 2 rings (SSSR count). The Morgan fingerprint density at radius 3 is 2.41 bits per heavy atom. The summed E-state index contributed by atoms with van der Waals surface area (Å²) >= 11 is 0. The van der Waals surface area contributed by atoms with Crippen LogP contribution in [0.3, 0.4) is 0 Å². The first-order chi connectivity index (χ1) is 12.9. The number of carboxylic acid groups (broad SMARTS) is 1. The number of carbonyl (C=O) groups is 2. The summed E-state index contributed by atoms with van der Waals surface area (Å²) in [5.74, 6) is -2.25. The molecule has 1 aromatic rings. The highest BCUT2D eigenvalue weighted by Gasteiger charge is 2.20. The van der Waals surface area contributed by atoms with Crippen LogP contribution in [0, 0.1) is 5.82 Å². The van der Waals surface area contributed by atoms with Crippen molar-refractivity contribution >= 4 is 23.3 Å². The molecule has 0 spiro atoms. The van der Waals surface area contributed by atoms with Crippen LogP contribution in [-0.4, -0.2) is 35.6 Å². The van der Waals surface area contributed by atoms with Gasteiger partial charge in [-0.25, -0.2) is 4.39 Å². The maximum atomic E-state index is 14.7. The van der Waals surface area contributed by atoms with E-state index in [0.29, 0.717) is 11.4 Å². The highest BCUT2D eigenvalue weighted by Crippen LogP contribution is 2.29. The predicted molar refractivity (Wildman–Crippen MR) is 105 cm³/mol. The minimum absolute atomic E-state index is 0.120. The lowest BCUT2D eigenvalue weighted by Gasteiger charge is -2.25. The van der Waals surface area contributed by atoms with Gasteiger partial charge >= 0.3 is 5.97 Å². The Kier molecular flexibility index (Phi) is 7.88. The summed E-state index contributed by atoms with van der Waals surface area (Å²) in [6.07, 6.45) is 7.21. The molecule has 1 fully saturated rings. The van der Waals surface area contributed by atoms with Gasteiger partial charge in [0.1, 0.15) is 12.4 Å². The Morgan fingerprint density at radius 1 is 1.15 bits per heavy atom. The molecule has 150 valence electrons. The van der Waals surface area contributed by atoms with Crippen LogP contribution in [0.15, 0.2) is 12.1 Å². The van der Waals surface area contributed by atoms with Crippen LogP contribution < -0.4 is 16.0 Å². The maximum Gasteiger partial charge on any atom is 0.322 e. The van der Waals surface area contributed by atoms with Crippen LogP contribution in [0.25, 0.3) is 0 Å². The minimum Gasteiger partial charge on any atom is -0.480 e. The molecule has 0 aliphatic heterocycles. The quantitative estimate of drug-likeness (QED) is 0.521. The second kappa shape index (κ2) is 10.1. The van der Waals surface area contributed by atoms with Crippen molar-refractivity contribution in [1.82, 2.24) is 5.32 Å². The molecule has 0 atom stereocenters. The fraction of sp³-hybridized carbons (Fsp3) is 0.600. The van der Waals surface area contributed by atoms with E-state index in [1.54, 1.807) is 6.07 Å². The summed E-state index contributed by atoms with van der Waals surface area (Å²) in [4.78, 5) is 23.1. The summed E-state index contributed by atoms with van der Waals surface area (Å²) in [6.45, 7) is 3.57. The zero-order valence-electron chi connectivity index (χ0n) is 16.1. The van der Waals surface area contributed by atoms with E-state index in [2.05, 4.69) is 16.0 Å². The molecular weight excluding hydrogens is 349 g/mol. The maximum absolute atomic E-state index is 14.7. The van der Waals surface area contributed by atoms with Crippen molar-refractivity contribution in [3.63, 3.8) is 0 Å². The van der Waals surface area contributed by atoms with Crippen molar-refractivity contribution in [2.75, 3.05) is 17.2 Å². The van der Waals surface area contributed by atoms with Gasteiger partial charge in [-0.3, -0.25) is 9.59 Å². The van der Waals surface area contributed by atoms with E-state index in [4.69, 9.17) is 5.11 Å². The van der Waals surface area contributed by atoms with Crippen molar-refractivity contribution in [1.29, 1.82) is 0 Å². The first-order valence-electron chi connectivity index (χ1n) is 9.81. The molecule has 0 saturated heterocycles. The minimum atomic E-state index is -1.14. The van der Waals surface area contributed by atoms with Crippen LogP contribution in [0.2, 0.25) is 0 Å². The molecule has 1 aromatic carbocycles. The van der Waals surface area contributed by atoms with Crippen LogP contribution >= 0.6 is 0 Å². The highest BCUT2D eigenvalue weighted by atomic mass is 19.1. The molecule has 0 bridgehead atoms. The van der Waals surface area contributed by atoms with Crippen LogP contribution in [0.5, 0.6) is 0 Å². The molecular formula is C20H30FN3O3. The zero-order valence-corrected chi connectivity index (χ0v) is 16.1. The van der Waals surface area contributed by atoms with Gasteiger partial charge < -0.3 is 21.1 Å². The van der Waals surface area contributed by atoms with Gasteiger partial charge in [0.15, 0.2) is 0 Å². The average Bonchev–Trinajstić information content (AvgIpc) is 2.67. The Morgan fingerprint density at radius 2 is 1.81 bits per heavy atom. The summed E-state index contributed by atoms with van der Waals surface area (Å²) in [7, 11) is 0. The van der Waals surface area contributed by atoms with Crippen LogP contribution in [-0.2, 0) is 4.79 Å². The molecule has 1 aliphatic carbocycles. The Balaban J connectivity index is 2.28. The molecule has 4 N–H and O–H groups in total. The number of halogens is 1. The second-order valence-electron chi connectivity index (χ2n) is 7.09. The van der Waals surface area contributed by atoms with E-state index in [1.165, 1.54) is 12.5 Å². The summed E-state index contributed by atoms with van der Waals surface area (Å²) in [5, 5.41) is 17.7. The van der Waals surface area contributed by atoms with Gasteiger partial charge in [0, 0.05) is 17.8 Å². The molecule has 0 heterocycles. The van der Waals surface area contributed by atoms with E-state index in [1.807, 2.05) is 13.8 Å². The monoisotopic (exact) mass is 379 g/mol. The van der Waals surface area contributed by atoms with Crippen molar-refractivity contribution in [2.45, 2.75) is 70.9 Å². The number of anilines is 2. The summed E-state index contributed by atoms with van der Waals surface area (Å²) in [5.41, 5.74) is 1.02. The molecule has 1 aliphatic rings. The Hall–Kier alpha value is -2.31. The lowest BCUT2D eigenvalue weighted by molar-refractivity contribution is -0.135. The van der Waals surface area contributed by atoms with Gasteiger partial charge in [-0.2, -0.15) is 0 Å². The first-order valence-corrected chi connectivity index (χ1v) is 9.81. The van der Waals surface area contributed by atoms with Gasteiger partial charge in [0.25, 0.3) is 5.91 Å². The van der Waals surface area contributed by atoms with E-state index >= 15 is 0 Å². The number of carboxylic acids is 1. The Bertz CT molecular complexity index is 656. The SMILES string of the molecule is CCC(CC)Nc1cc(NC2CCCCC2)c(F)cc1C(=O)NCC(=O)O. The van der Waals surface area contributed by atoms with E-state index in [9.17, 15) is 14.0 Å². The molecule has 1 saturated carbocycles. The second-order valence-corrected chi connectivity index (χ2v) is 7.09. The molecule has 6 nitrogen and oxygen atoms in total. The third-order valence-corrected chi connectivity index (χ3v) is 5.06. The third kappa shape index (κ3) is 6.12. The lowest BCUT2D eigenvalue weighted by atomic mass is 9.95. The molecule has 0 radical (unpaired) electrons. The number of rotatable bonds is 9. The largest absolute Gasteiger partial charge is 0.480 e. The number of aliphatic carboxylic acids is 1. The van der Waals surface area contributed by atoms with E-state index in [0.717, 1.165) is 38.5 Å². The Labute approximate surface area is 159 Å². The summed E-state index contributed by atoms with van der Waals surface area (Å²) < 4.78 is 14.7. The summed E-state index contributed by atoms with van der Waals surface area (Å²) in [6, 6.07) is 3.20. The molecule has 0 unspecified atom stereocenters. The number of hydrogen-bond acceptors (Lipinski definition) is 4. The van der Waals surface area contributed by atoms with Crippen molar-refractivity contribution < 1.29 is 19.1 Å². The van der Waals surface area contributed by atoms with Crippen molar-refractivity contribution in [2.24, 2.45) is 0 Å². The van der Waals surface area contributed by atoms with Gasteiger partial charge in [0.05, 0.1) is 11.3 Å². The zero-order chi connectivity index (χ0) is 19.8. The van der Waals surface area contributed by atoms with E-state index in [-0.39, 0.29) is 17.6 Å². The molecule has 1 amide bonds. The average molecular weight is 379 g/mol. The predicted octanol–water partition coefficient (Wildman–Crippen LogP) is 3.99. The normalized spacial score (nSPS) is 14.8. The number of nitrogens with one attached hydrogen (secondary N) is 3. The molecule has 27 heavy (non-hydrogen) atoms. The fourth-order valence-electron chi connectivity index (χ4n) is 3.42. The van der Waals surface area contributed by atoms with Gasteiger partial charge in [-0.05, 0) is 37.8 Å². The number of hydrogen-bond donors (Lipinski definition) is 4. The fourth-order valence-corrected chi connectivity index (χ4v) is 3.42.